The second-order valence-electron chi connectivity index (χ2n) is 6.34. The van der Waals surface area contributed by atoms with Crippen LogP contribution < -0.4 is 10.1 Å². The third-order valence-corrected chi connectivity index (χ3v) is 4.65. The van der Waals surface area contributed by atoms with Gasteiger partial charge in [-0.2, -0.15) is 0 Å². The summed E-state index contributed by atoms with van der Waals surface area (Å²) >= 11 is 5.93. The van der Waals surface area contributed by atoms with E-state index in [-0.39, 0.29) is 13.2 Å². The maximum Gasteiger partial charge on any atom is 0.344 e. The number of hydrogen-bond acceptors (Lipinski definition) is 4. The van der Waals surface area contributed by atoms with Crippen LogP contribution in [0.2, 0.25) is 5.02 Å². The Kier molecular flexibility index (Phi) is 7.67. The molecule has 0 saturated carbocycles. The van der Waals surface area contributed by atoms with Crippen molar-refractivity contribution in [3.8, 4) is 5.75 Å². The Bertz CT molecular complexity index is 789. The number of esters is 1. The number of anilines is 1. The molecule has 0 bridgehead atoms. The van der Waals surface area contributed by atoms with E-state index >= 15 is 0 Å². The number of carbonyl (C=O) groups is 2. The Labute approximate surface area is 164 Å². The van der Waals surface area contributed by atoms with Crippen LogP contribution in [0.25, 0.3) is 0 Å². The molecule has 0 heterocycles. The summed E-state index contributed by atoms with van der Waals surface area (Å²) in [6.45, 7) is 5.48. The van der Waals surface area contributed by atoms with Crippen LogP contribution in [0, 0.1) is 6.92 Å². The molecule has 144 valence electrons. The van der Waals surface area contributed by atoms with Gasteiger partial charge < -0.3 is 14.8 Å². The van der Waals surface area contributed by atoms with Crippen LogP contribution in [-0.4, -0.2) is 25.1 Å². The summed E-state index contributed by atoms with van der Waals surface area (Å²) in [5.74, 6) is -0.0355. The first-order valence-corrected chi connectivity index (χ1v) is 9.21. The van der Waals surface area contributed by atoms with Crippen LogP contribution in [0.3, 0.4) is 0 Å². The predicted octanol–water partition coefficient (Wildman–Crippen LogP) is 4.72. The lowest BCUT2D eigenvalue weighted by Crippen LogP contribution is -2.23. The Balaban J connectivity index is 1.74. The van der Waals surface area contributed by atoms with E-state index in [9.17, 15) is 9.59 Å². The number of amides is 1. The van der Waals surface area contributed by atoms with Gasteiger partial charge in [-0.1, -0.05) is 37.6 Å². The van der Waals surface area contributed by atoms with Gasteiger partial charge in [0.1, 0.15) is 5.75 Å². The minimum absolute atomic E-state index is 0.280. The number of rotatable bonds is 8. The number of aryl methyl sites for hydroxylation is 1. The zero-order chi connectivity index (χ0) is 19.8. The summed E-state index contributed by atoms with van der Waals surface area (Å²) in [5.41, 5.74) is 2.73. The highest BCUT2D eigenvalue weighted by Crippen LogP contribution is 2.21. The number of halogens is 1. The van der Waals surface area contributed by atoms with Gasteiger partial charge in [0.2, 0.25) is 0 Å². The first kappa shape index (κ1) is 20.8. The first-order chi connectivity index (χ1) is 12.9. The SMILES string of the molecule is CC[C@H](C)c1ccc(NC(=O)COC(=O)COc2ccc(Cl)c(C)c2)cc1. The number of hydrogen-bond donors (Lipinski definition) is 1. The Morgan fingerprint density at radius 3 is 2.44 bits per heavy atom. The lowest BCUT2D eigenvalue weighted by atomic mass is 9.99. The molecule has 0 spiro atoms. The monoisotopic (exact) mass is 389 g/mol. The van der Waals surface area contributed by atoms with Crippen LogP contribution in [0.15, 0.2) is 42.5 Å². The molecule has 2 rings (SSSR count). The molecule has 1 N–H and O–H groups in total. The largest absolute Gasteiger partial charge is 0.482 e. The Morgan fingerprint density at radius 2 is 1.81 bits per heavy atom. The molecule has 0 aliphatic carbocycles. The predicted molar refractivity (Wildman–Crippen MR) is 106 cm³/mol. The van der Waals surface area contributed by atoms with E-state index < -0.39 is 11.9 Å². The van der Waals surface area contributed by atoms with Gasteiger partial charge in [-0.3, -0.25) is 4.79 Å². The topological polar surface area (TPSA) is 64.6 Å². The molecule has 0 saturated heterocycles. The van der Waals surface area contributed by atoms with Crippen molar-refractivity contribution < 1.29 is 19.1 Å². The van der Waals surface area contributed by atoms with Crippen molar-refractivity contribution in [2.45, 2.75) is 33.1 Å². The van der Waals surface area contributed by atoms with E-state index in [0.717, 1.165) is 12.0 Å². The summed E-state index contributed by atoms with van der Waals surface area (Å²) in [5, 5.41) is 3.32. The van der Waals surface area contributed by atoms with E-state index in [1.807, 2.05) is 31.2 Å². The molecule has 2 aromatic carbocycles. The molecule has 0 unspecified atom stereocenters. The van der Waals surface area contributed by atoms with E-state index in [2.05, 4.69) is 19.2 Å². The molecular formula is C21H24ClNO4. The van der Waals surface area contributed by atoms with E-state index in [1.165, 1.54) is 5.56 Å². The fourth-order valence-corrected chi connectivity index (χ4v) is 2.48. The minimum Gasteiger partial charge on any atom is -0.482 e. The molecule has 5 nitrogen and oxygen atoms in total. The van der Waals surface area contributed by atoms with Crippen LogP contribution >= 0.6 is 11.6 Å². The van der Waals surface area contributed by atoms with Gasteiger partial charge in [-0.15, -0.1) is 0 Å². The van der Waals surface area contributed by atoms with Gasteiger partial charge in [0.05, 0.1) is 0 Å². The molecule has 0 fully saturated rings. The molecule has 0 aliphatic rings. The second kappa shape index (κ2) is 9.97. The van der Waals surface area contributed by atoms with Crippen molar-refractivity contribution in [3.05, 3.63) is 58.6 Å². The third kappa shape index (κ3) is 6.61. The van der Waals surface area contributed by atoms with Crippen molar-refractivity contribution in [2.24, 2.45) is 0 Å². The Morgan fingerprint density at radius 1 is 1.11 bits per heavy atom. The molecule has 27 heavy (non-hydrogen) atoms. The van der Waals surface area contributed by atoms with Crippen molar-refractivity contribution in [3.63, 3.8) is 0 Å². The third-order valence-electron chi connectivity index (χ3n) is 4.23. The van der Waals surface area contributed by atoms with E-state index in [1.54, 1.807) is 18.2 Å². The van der Waals surface area contributed by atoms with Gasteiger partial charge in [0, 0.05) is 10.7 Å². The molecule has 0 aliphatic heterocycles. The first-order valence-electron chi connectivity index (χ1n) is 8.83. The molecule has 2 aromatic rings. The maximum atomic E-state index is 11.9. The summed E-state index contributed by atoms with van der Waals surface area (Å²) in [6.07, 6.45) is 1.05. The zero-order valence-electron chi connectivity index (χ0n) is 15.8. The lowest BCUT2D eigenvalue weighted by molar-refractivity contribution is -0.149. The smallest absolute Gasteiger partial charge is 0.344 e. The molecule has 0 radical (unpaired) electrons. The zero-order valence-corrected chi connectivity index (χ0v) is 16.5. The van der Waals surface area contributed by atoms with Crippen molar-refractivity contribution in [1.82, 2.24) is 0 Å². The normalized spacial score (nSPS) is 11.6. The van der Waals surface area contributed by atoms with Gasteiger partial charge >= 0.3 is 5.97 Å². The molecule has 1 atom stereocenters. The second-order valence-corrected chi connectivity index (χ2v) is 6.75. The highest BCUT2D eigenvalue weighted by Gasteiger charge is 2.10. The number of carbonyl (C=O) groups excluding carboxylic acids is 2. The number of ether oxygens (including phenoxy) is 2. The average molecular weight is 390 g/mol. The molecule has 1 amide bonds. The molecule has 0 aromatic heterocycles. The van der Waals surface area contributed by atoms with Crippen molar-refractivity contribution in [1.29, 1.82) is 0 Å². The standard InChI is InChI=1S/C21H24ClNO4/c1-4-14(2)16-5-7-17(8-6-16)23-20(24)12-27-21(25)13-26-18-9-10-19(22)15(3)11-18/h5-11,14H,4,12-13H2,1-3H3,(H,23,24)/t14-/m0/s1. The van der Waals surface area contributed by atoms with Gasteiger partial charge in [-0.05, 0) is 60.7 Å². The summed E-state index contributed by atoms with van der Waals surface area (Å²) in [6, 6.07) is 12.7. The van der Waals surface area contributed by atoms with Crippen LogP contribution in [0.1, 0.15) is 37.3 Å². The van der Waals surface area contributed by atoms with Crippen LogP contribution in [0.5, 0.6) is 5.75 Å². The fraction of sp³-hybridized carbons (Fsp3) is 0.333. The summed E-state index contributed by atoms with van der Waals surface area (Å²) < 4.78 is 10.3. The molecular weight excluding hydrogens is 366 g/mol. The van der Waals surface area contributed by atoms with Crippen molar-refractivity contribution >= 4 is 29.2 Å². The summed E-state index contributed by atoms with van der Waals surface area (Å²) in [7, 11) is 0. The fourth-order valence-electron chi connectivity index (χ4n) is 2.36. The van der Waals surface area contributed by atoms with E-state index in [4.69, 9.17) is 21.1 Å². The maximum absolute atomic E-state index is 11.9. The summed E-state index contributed by atoms with van der Waals surface area (Å²) in [4.78, 5) is 23.6. The minimum atomic E-state index is -0.620. The van der Waals surface area contributed by atoms with Gasteiger partial charge in [0.25, 0.3) is 5.91 Å². The average Bonchev–Trinajstić information content (AvgIpc) is 2.67. The quantitative estimate of drug-likeness (QED) is 0.663. The van der Waals surface area contributed by atoms with Crippen molar-refractivity contribution in [2.75, 3.05) is 18.5 Å². The van der Waals surface area contributed by atoms with Crippen LogP contribution in [-0.2, 0) is 14.3 Å². The lowest BCUT2D eigenvalue weighted by Gasteiger charge is -2.11. The molecule has 6 heteroatoms. The highest BCUT2D eigenvalue weighted by atomic mass is 35.5. The van der Waals surface area contributed by atoms with E-state index in [0.29, 0.717) is 22.4 Å². The highest BCUT2D eigenvalue weighted by molar-refractivity contribution is 6.31. The van der Waals surface area contributed by atoms with Gasteiger partial charge in [-0.25, -0.2) is 4.79 Å². The Hall–Kier alpha value is -2.53. The van der Waals surface area contributed by atoms with Crippen LogP contribution in [0.4, 0.5) is 5.69 Å². The number of benzene rings is 2. The number of nitrogens with one attached hydrogen (secondary N) is 1. The van der Waals surface area contributed by atoms with Gasteiger partial charge in [0.15, 0.2) is 13.2 Å².